The molecule has 0 aliphatic carbocycles. The molecule has 2 aromatic carbocycles. The summed E-state index contributed by atoms with van der Waals surface area (Å²) in [6.45, 7) is 6.05. The van der Waals surface area contributed by atoms with Gasteiger partial charge in [0.05, 0.1) is 12.2 Å². The summed E-state index contributed by atoms with van der Waals surface area (Å²) in [6.07, 6.45) is 3.24. The van der Waals surface area contributed by atoms with Crippen LogP contribution in [0.15, 0.2) is 76.6 Å². The summed E-state index contributed by atoms with van der Waals surface area (Å²) < 4.78 is 2.17. The van der Waals surface area contributed by atoms with Gasteiger partial charge in [-0.15, -0.1) is 0 Å². The van der Waals surface area contributed by atoms with Crippen LogP contribution in [-0.4, -0.2) is 25.2 Å². The summed E-state index contributed by atoms with van der Waals surface area (Å²) in [5.74, 6) is -0.655. The molecule has 8 nitrogen and oxygen atoms in total. The minimum absolute atomic E-state index is 0.0251. The minimum atomic E-state index is -0.737. The van der Waals surface area contributed by atoms with Gasteiger partial charge in [-0.3, -0.25) is 19.1 Å². The number of benzene rings is 2. The molecule has 0 aliphatic heterocycles. The van der Waals surface area contributed by atoms with Crippen LogP contribution in [0.5, 0.6) is 0 Å². The van der Waals surface area contributed by atoms with Crippen molar-refractivity contribution in [3.8, 4) is 5.69 Å². The maximum absolute atomic E-state index is 13.4. The largest absolute Gasteiger partial charge is 0.352 e. The molecule has 0 spiro atoms. The highest BCUT2D eigenvalue weighted by molar-refractivity contribution is 5.91. The summed E-state index contributed by atoms with van der Waals surface area (Å²) in [6, 6.07) is 16.5. The first-order chi connectivity index (χ1) is 16.3. The Hall–Kier alpha value is -4.33. The Balaban J connectivity index is 1.81. The fourth-order valence-electron chi connectivity index (χ4n) is 3.58. The van der Waals surface area contributed by atoms with Gasteiger partial charge in [-0.05, 0) is 67.3 Å². The van der Waals surface area contributed by atoms with Crippen LogP contribution in [0.1, 0.15) is 38.3 Å². The first-order valence-electron chi connectivity index (χ1n) is 10.9. The van der Waals surface area contributed by atoms with Gasteiger partial charge >= 0.3 is 5.69 Å². The van der Waals surface area contributed by atoms with Gasteiger partial charge < -0.3 is 5.32 Å². The van der Waals surface area contributed by atoms with Crippen molar-refractivity contribution in [2.45, 2.75) is 33.9 Å². The zero-order chi connectivity index (χ0) is 24.2. The van der Waals surface area contributed by atoms with Crippen molar-refractivity contribution in [3.05, 3.63) is 121 Å². The first kappa shape index (κ1) is 22.8. The number of carbonyl (C=O) groups is 1. The number of pyridine rings is 1. The lowest BCUT2D eigenvalue weighted by Gasteiger charge is -2.13. The molecule has 0 saturated heterocycles. The predicted molar refractivity (Wildman–Crippen MR) is 129 cm³/mol. The van der Waals surface area contributed by atoms with Gasteiger partial charge in [-0.2, -0.15) is 9.78 Å². The summed E-state index contributed by atoms with van der Waals surface area (Å²) in [5.41, 5.74) is 3.41. The maximum Gasteiger partial charge on any atom is 0.352 e. The van der Waals surface area contributed by atoms with Crippen molar-refractivity contribution in [2.24, 2.45) is 0 Å². The number of carbonyl (C=O) groups excluding carboxylic acids is 1. The van der Waals surface area contributed by atoms with Crippen molar-refractivity contribution in [2.75, 3.05) is 0 Å². The quantitative estimate of drug-likeness (QED) is 0.482. The molecule has 0 unspecified atom stereocenters. The van der Waals surface area contributed by atoms with Crippen molar-refractivity contribution in [1.82, 2.24) is 24.6 Å². The van der Waals surface area contributed by atoms with Crippen LogP contribution in [0.3, 0.4) is 0 Å². The van der Waals surface area contributed by atoms with Gasteiger partial charge in [0.15, 0.2) is 0 Å². The summed E-state index contributed by atoms with van der Waals surface area (Å²) >= 11 is 0. The lowest BCUT2D eigenvalue weighted by atomic mass is 10.1. The van der Waals surface area contributed by atoms with E-state index in [1.165, 1.54) is 0 Å². The van der Waals surface area contributed by atoms with Gasteiger partial charge in [0.1, 0.15) is 0 Å². The predicted octanol–water partition coefficient (Wildman–Crippen LogP) is 2.69. The highest BCUT2D eigenvalue weighted by Crippen LogP contribution is 2.12. The molecule has 4 rings (SSSR count). The zero-order valence-electron chi connectivity index (χ0n) is 19.3. The number of aromatic nitrogens is 4. The van der Waals surface area contributed by atoms with E-state index in [2.05, 4.69) is 15.4 Å². The summed E-state index contributed by atoms with van der Waals surface area (Å²) in [5, 5.41) is 6.91. The van der Waals surface area contributed by atoms with Crippen LogP contribution in [0.2, 0.25) is 0 Å². The standard InChI is InChI=1S/C26H25N5O3/c1-17-5-4-6-21(13-17)16-30-25(33)23(24(32)28-15-20-9-11-27-12-10-20)29-31(26(30)34)22-8-7-18(2)19(3)14-22/h4-14H,15-16H2,1-3H3,(H,28,32). The summed E-state index contributed by atoms with van der Waals surface area (Å²) in [7, 11) is 0. The zero-order valence-corrected chi connectivity index (χ0v) is 19.3. The lowest BCUT2D eigenvalue weighted by molar-refractivity contribution is 0.0941. The normalized spacial score (nSPS) is 10.8. The van der Waals surface area contributed by atoms with Crippen molar-refractivity contribution in [3.63, 3.8) is 0 Å². The summed E-state index contributed by atoms with van der Waals surface area (Å²) in [4.78, 5) is 43.6. The second-order valence-electron chi connectivity index (χ2n) is 8.23. The fourth-order valence-corrected chi connectivity index (χ4v) is 3.58. The Morgan fingerprint density at radius 1 is 0.912 bits per heavy atom. The Labute approximate surface area is 196 Å². The smallest absolute Gasteiger partial charge is 0.346 e. The molecule has 4 aromatic rings. The van der Waals surface area contributed by atoms with Gasteiger partial charge in [0.25, 0.3) is 11.5 Å². The van der Waals surface area contributed by atoms with Crippen molar-refractivity contribution >= 4 is 5.91 Å². The molecule has 1 amide bonds. The van der Waals surface area contributed by atoms with Crippen LogP contribution in [0.25, 0.3) is 5.69 Å². The maximum atomic E-state index is 13.4. The second kappa shape index (κ2) is 9.66. The molecule has 0 saturated carbocycles. The van der Waals surface area contributed by atoms with Crippen LogP contribution < -0.4 is 16.6 Å². The molecule has 0 fully saturated rings. The molecule has 1 N–H and O–H groups in total. The van der Waals surface area contributed by atoms with Crippen LogP contribution in [-0.2, 0) is 13.1 Å². The number of rotatable bonds is 6. The Kier molecular flexibility index (Phi) is 6.49. The molecular formula is C26H25N5O3. The molecule has 2 aromatic heterocycles. The van der Waals surface area contributed by atoms with Gasteiger partial charge in [0.2, 0.25) is 5.69 Å². The monoisotopic (exact) mass is 455 g/mol. The van der Waals surface area contributed by atoms with E-state index in [0.29, 0.717) is 5.69 Å². The van der Waals surface area contributed by atoms with E-state index < -0.39 is 17.2 Å². The van der Waals surface area contributed by atoms with E-state index in [-0.39, 0.29) is 18.8 Å². The van der Waals surface area contributed by atoms with E-state index in [1.807, 2.05) is 57.2 Å². The number of nitrogens with one attached hydrogen (secondary N) is 1. The van der Waals surface area contributed by atoms with E-state index >= 15 is 0 Å². The lowest BCUT2D eigenvalue weighted by Crippen LogP contribution is -2.46. The van der Waals surface area contributed by atoms with Gasteiger partial charge in [-0.25, -0.2) is 4.79 Å². The van der Waals surface area contributed by atoms with Crippen LogP contribution in [0, 0.1) is 20.8 Å². The molecule has 2 heterocycles. The highest BCUT2D eigenvalue weighted by Gasteiger charge is 2.20. The Bertz CT molecular complexity index is 1470. The van der Waals surface area contributed by atoms with Crippen molar-refractivity contribution in [1.29, 1.82) is 0 Å². The molecule has 0 bridgehead atoms. The first-order valence-corrected chi connectivity index (χ1v) is 10.9. The topological polar surface area (TPSA) is 98.9 Å². The van der Waals surface area contributed by atoms with Gasteiger partial charge in [-0.1, -0.05) is 35.9 Å². The van der Waals surface area contributed by atoms with E-state index in [0.717, 1.165) is 37.1 Å². The average molecular weight is 456 g/mol. The highest BCUT2D eigenvalue weighted by atomic mass is 16.2. The minimum Gasteiger partial charge on any atom is -0.346 e. The molecule has 0 aliphatic rings. The van der Waals surface area contributed by atoms with E-state index in [1.54, 1.807) is 30.6 Å². The van der Waals surface area contributed by atoms with Crippen molar-refractivity contribution < 1.29 is 4.79 Å². The third-order valence-corrected chi connectivity index (χ3v) is 5.64. The van der Waals surface area contributed by atoms with E-state index in [4.69, 9.17) is 0 Å². The fraction of sp³-hybridized carbons (Fsp3) is 0.192. The SMILES string of the molecule is Cc1cccc(Cn2c(=O)c(C(=O)NCc3ccncc3)nn(-c3ccc(C)c(C)c3)c2=O)c1. The Morgan fingerprint density at radius 3 is 2.38 bits per heavy atom. The molecule has 0 radical (unpaired) electrons. The van der Waals surface area contributed by atoms with Crippen LogP contribution >= 0.6 is 0 Å². The Morgan fingerprint density at radius 2 is 1.68 bits per heavy atom. The number of hydrogen-bond acceptors (Lipinski definition) is 5. The second-order valence-corrected chi connectivity index (χ2v) is 8.23. The van der Waals surface area contributed by atoms with Crippen LogP contribution in [0.4, 0.5) is 0 Å². The number of nitrogens with zero attached hydrogens (tertiary/aromatic N) is 4. The molecule has 0 atom stereocenters. The average Bonchev–Trinajstić information content (AvgIpc) is 2.83. The third kappa shape index (κ3) is 4.85. The van der Waals surface area contributed by atoms with Gasteiger partial charge in [0, 0.05) is 18.9 Å². The number of hydrogen-bond donors (Lipinski definition) is 1. The third-order valence-electron chi connectivity index (χ3n) is 5.64. The molecule has 172 valence electrons. The van der Waals surface area contributed by atoms with E-state index in [9.17, 15) is 14.4 Å². The molecule has 34 heavy (non-hydrogen) atoms. The molecular weight excluding hydrogens is 430 g/mol. The number of aryl methyl sites for hydroxylation is 3. The number of amides is 1. The molecule has 8 heteroatoms.